The Kier molecular flexibility index (Phi) is 5.31. The van der Waals surface area contributed by atoms with Gasteiger partial charge < -0.3 is 16.8 Å². The van der Waals surface area contributed by atoms with E-state index in [1.165, 1.54) is 5.39 Å². The van der Waals surface area contributed by atoms with Crippen molar-refractivity contribution in [3.63, 3.8) is 0 Å². The van der Waals surface area contributed by atoms with E-state index < -0.39 is 6.04 Å². The van der Waals surface area contributed by atoms with Crippen molar-refractivity contribution < 1.29 is 4.79 Å². The van der Waals surface area contributed by atoms with Crippen molar-refractivity contribution in [3.05, 3.63) is 48.0 Å². The van der Waals surface area contributed by atoms with Crippen molar-refractivity contribution in [2.45, 2.75) is 31.8 Å². The van der Waals surface area contributed by atoms with E-state index in [4.69, 9.17) is 11.5 Å². The summed E-state index contributed by atoms with van der Waals surface area (Å²) < 4.78 is 0. The summed E-state index contributed by atoms with van der Waals surface area (Å²) in [6.45, 7) is 2.54. The first kappa shape index (κ1) is 15.5. The number of nitrogens with one attached hydrogen (secondary N) is 1. The summed E-state index contributed by atoms with van der Waals surface area (Å²) >= 11 is 0. The van der Waals surface area contributed by atoms with Crippen LogP contribution in [0.4, 0.5) is 0 Å². The van der Waals surface area contributed by atoms with Gasteiger partial charge in [-0.15, -0.1) is 0 Å². The van der Waals surface area contributed by atoms with E-state index >= 15 is 0 Å². The fraction of sp³-hybridized carbons (Fsp3) is 0.353. The van der Waals surface area contributed by atoms with Crippen LogP contribution in [0, 0.1) is 0 Å². The molecular weight excluding hydrogens is 262 g/mol. The molecule has 0 aliphatic heterocycles. The predicted molar refractivity (Wildman–Crippen MR) is 86.8 cm³/mol. The minimum atomic E-state index is -0.494. The number of nitrogens with two attached hydrogens (primary N) is 2. The van der Waals surface area contributed by atoms with Crippen molar-refractivity contribution in [3.8, 4) is 0 Å². The molecule has 2 aromatic carbocycles. The molecule has 0 aliphatic rings. The Labute approximate surface area is 125 Å². The first-order valence-corrected chi connectivity index (χ1v) is 7.37. The maximum Gasteiger partial charge on any atom is 0.237 e. The molecule has 21 heavy (non-hydrogen) atoms. The second-order valence-corrected chi connectivity index (χ2v) is 5.34. The average Bonchev–Trinajstić information content (AvgIpc) is 2.51. The van der Waals surface area contributed by atoms with Crippen LogP contribution in [0.15, 0.2) is 42.5 Å². The van der Waals surface area contributed by atoms with Gasteiger partial charge in [0.05, 0.1) is 12.1 Å². The van der Waals surface area contributed by atoms with E-state index in [-0.39, 0.29) is 11.9 Å². The predicted octanol–water partition coefficient (Wildman–Crippen LogP) is 2.08. The Bertz CT molecular complexity index is 607. The molecule has 0 aliphatic carbocycles. The summed E-state index contributed by atoms with van der Waals surface area (Å²) in [6, 6.07) is 13.7. The highest BCUT2D eigenvalue weighted by molar-refractivity contribution is 5.87. The molecule has 0 fully saturated rings. The van der Waals surface area contributed by atoms with Crippen molar-refractivity contribution in [1.82, 2.24) is 5.32 Å². The van der Waals surface area contributed by atoms with Crippen LogP contribution < -0.4 is 16.8 Å². The van der Waals surface area contributed by atoms with Crippen molar-refractivity contribution in [2.24, 2.45) is 11.5 Å². The van der Waals surface area contributed by atoms with E-state index in [9.17, 15) is 4.79 Å². The fourth-order valence-electron chi connectivity index (χ4n) is 2.50. The Morgan fingerprint density at radius 2 is 1.90 bits per heavy atom. The first-order chi connectivity index (χ1) is 10.1. The van der Waals surface area contributed by atoms with Gasteiger partial charge in [-0.1, -0.05) is 42.5 Å². The monoisotopic (exact) mass is 285 g/mol. The highest BCUT2D eigenvalue weighted by atomic mass is 16.2. The molecule has 2 rings (SSSR count). The number of carbonyl (C=O) groups excluding carboxylic acids is 1. The van der Waals surface area contributed by atoms with E-state index in [0.29, 0.717) is 13.0 Å². The van der Waals surface area contributed by atoms with E-state index in [2.05, 4.69) is 23.5 Å². The quantitative estimate of drug-likeness (QED) is 0.760. The van der Waals surface area contributed by atoms with Crippen molar-refractivity contribution in [1.29, 1.82) is 0 Å². The Balaban J connectivity index is 2.12. The van der Waals surface area contributed by atoms with Gasteiger partial charge >= 0.3 is 0 Å². The molecule has 0 radical (unpaired) electrons. The second-order valence-electron chi connectivity index (χ2n) is 5.34. The molecule has 1 amide bonds. The summed E-state index contributed by atoms with van der Waals surface area (Å²) in [7, 11) is 0. The average molecular weight is 285 g/mol. The number of carbonyl (C=O) groups is 1. The largest absolute Gasteiger partial charge is 0.348 e. The summed E-state index contributed by atoms with van der Waals surface area (Å²) in [4.78, 5) is 12.1. The number of amides is 1. The Hall–Kier alpha value is -1.91. The third-order valence-corrected chi connectivity index (χ3v) is 3.70. The van der Waals surface area contributed by atoms with Crippen LogP contribution >= 0.6 is 0 Å². The maximum absolute atomic E-state index is 12.1. The number of hydrogen-bond donors (Lipinski definition) is 3. The molecule has 0 bridgehead atoms. The lowest BCUT2D eigenvalue weighted by Gasteiger charge is -2.19. The molecule has 2 atom stereocenters. The topological polar surface area (TPSA) is 81.1 Å². The molecule has 0 spiro atoms. The van der Waals surface area contributed by atoms with Gasteiger partial charge in [-0.3, -0.25) is 4.79 Å². The van der Waals surface area contributed by atoms with E-state index in [1.54, 1.807) is 0 Å². The summed E-state index contributed by atoms with van der Waals surface area (Å²) in [5.41, 5.74) is 12.4. The van der Waals surface area contributed by atoms with Crippen molar-refractivity contribution >= 4 is 16.7 Å². The van der Waals surface area contributed by atoms with Crippen LogP contribution in [0.2, 0.25) is 0 Å². The lowest BCUT2D eigenvalue weighted by atomic mass is 9.99. The van der Waals surface area contributed by atoms with Gasteiger partial charge in [0, 0.05) is 0 Å². The van der Waals surface area contributed by atoms with Crippen LogP contribution in [-0.2, 0) is 4.79 Å². The number of rotatable bonds is 6. The molecule has 0 heterocycles. The zero-order chi connectivity index (χ0) is 15.2. The minimum Gasteiger partial charge on any atom is -0.348 e. The summed E-state index contributed by atoms with van der Waals surface area (Å²) in [6.07, 6.45) is 1.38. The third kappa shape index (κ3) is 3.80. The summed E-state index contributed by atoms with van der Waals surface area (Å²) in [5, 5.41) is 5.32. The first-order valence-electron chi connectivity index (χ1n) is 7.37. The molecule has 0 saturated carbocycles. The smallest absolute Gasteiger partial charge is 0.237 e. The van der Waals surface area contributed by atoms with E-state index in [0.717, 1.165) is 17.4 Å². The molecule has 5 N–H and O–H groups in total. The van der Waals surface area contributed by atoms with Gasteiger partial charge in [0.15, 0.2) is 0 Å². The lowest BCUT2D eigenvalue weighted by Crippen LogP contribution is -2.41. The van der Waals surface area contributed by atoms with Gasteiger partial charge in [-0.2, -0.15) is 0 Å². The molecule has 4 nitrogen and oxygen atoms in total. The van der Waals surface area contributed by atoms with Gasteiger partial charge in [-0.05, 0) is 42.6 Å². The van der Waals surface area contributed by atoms with Gasteiger partial charge in [0.1, 0.15) is 0 Å². The molecule has 0 saturated heterocycles. The van der Waals surface area contributed by atoms with Crippen LogP contribution in [0.5, 0.6) is 0 Å². The Morgan fingerprint density at radius 1 is 1.19 bits per heavy atom. The van der Waals surface area contributed by atoms with Crippen LogP contribution in [0.25, 0.3) is 10.8 Å². The Morgan fingerprint density at radius 3 is 2.67 bits per heavy atom. The van der Waals surface area contributed by atoms with Crippen molar-refractivity contribution in [2.75, 3.05) is 6.54 Å². The zero-order valence-electron chi connectivity index (χ0n) is 12.4. The highest BCUT2D eigenvalue weighted by Crippen LogP contribution is 2.24. The minimum absolute atomic E-state index is 0.0764. The molecule has 4 heteroatoms. The lowest BCUT2D eigenvalue weighted by molar-refractivity contribution is -0.123. The molecule has 112 valence electrons. The SMILES string of the molecule is CC(NC(=O)C(N)CCCN)c1cccc2ccccc12. The fourth-order valence-corrected chi connectivity index (χ4v) is 2.50. The van der Waals surface area contributed by atoms with Gasteiger partial charge in [0.25, 0.3) is 0 Å². The normalized spacial score (nSPS) is 13.9. The van der Waals surface area contributed by atoms with E-state index in [1.807, 2.05) is 31.2 Å². The molecule has 2 aromatic rings. The zero-order valence-corrected chi connectivity index (χ0v) is 12.4. The third-order valence-electron chi connectivity index (χ3n) is 3.70. The second kappa shape index (κ2) is 7.20. The molecule has 0 aromatic heterocycles. The molecular formula is C17H23N3O. The van der Waals surface area contributed by atoms with Crippen LogP contribution in [0.1, 0.15) is 31.4 Å². The number of hydrogen-bond acceptors (Lipinski definition) is 3. The van der Waals surface area contributed by atoms with Gasteiger partial charge in [-0.25, -0.2) is 0 Å². The maximum atomic E-state index is 12.1. The van der Waals surface area contributed by atoms with Gasteiger partial charge in [0.2, 0.25) is 5.91 Å². The standard InChI is InChI=1S/C17H23N3O/c1-12(20-17(21)16(19)10-5-11-18)14-9-4-7-13-6-2-3-8-15(13)14/h2-4,6-9,12,16H,5,10-11,18-19H2,1H3,(H,20,21). The number of benzene rings is 2. The van der Waals surface area contributed by atoms with Crippen LogP contribution in [-0.4, -0.2) is 18.5 Å². The summed E-state index contributed by atoms with van der Waals surface area (Å²) in [5.74, 6) is -0.121. The molecule has 2 unspecified atom stereocenters. The number of fused-ring (bicyclic) bond motifs is 1. The van der Waals surface area contributed by atoms with Crippen LogP contribution in [0.3, 0.4) is 0 Å². The highest BCUT2D eigenvalue weighted by Gasteiger charge is 2.17.